The van der Waals surface area contributed by atoms with Crippen LogP contribution in [0.1, 0.15) is 63.3 Å². The third kappa shape index (κ3) is 6.15. The molecule has 0 spiro atoms. The molecule has 4 rings (SSSR count). The Morgan fingerprint density at radius 3 is 2.63 bits per heavy atom. The monoisotopic (exact) mass is 536 g/mol. The molecule has 1 aliphatic heterocycles. The summed E-state index contributed by atoms with van der Waals surface area (Å²) in [6.07, 6.45) is 1.75. The van der Waals surface area contributed by atoms with Crippen LogP contribution in [0, 0.1) is 6.92 Å². The van der Waals surface area contributed by atoms with Gasteiger partial charge in [0.15, 0.2) is 11.5 Å². The standard InChI is InChI=1S/C29H36N4O4S/c1-6-9-16-36-27(34)25-20(5)30-28-31-29(38-8-3)32-33(28)26(25)21-14-15-23(24(17-21)35-7-2)37-18-22-13-11-10-12-19(22)4/h10-15,17,26H,6-9,16,18H2,1-5H3,(H,30,31,32). The van der Waals surface area contributed by atoms with Crippen LogP contribution in [0.15, 0.2) is 58.9 Å². The van der Waals surface area contributed by atoms with Gasteiger partial charge in [-0.3, -0.25) is 0 Å². The topological polar surface area (TPSA) is 87.5 Å². The number of hydrogen-bond donors (Lipinski definition) is 1. The van der Waals surface area contributed by atoms with Crippen LogP contribution in [0.2, 0.25) is 0 Å². The molecule has 1 atom stereocenters. The van der Waals surface area contributed by atoms with Crippen molar-refractivity contribution in [3.8, 4) is 11.5 Å². The fourth-order valence-corrected chi connectivity index (χ4v) is 4.85. The maximum absolute atomic E-state index is 13.3. The summed E-state index contributed by atoms with van der Waals surface area (Å²) in [5.41, 5.74) is 4.31. The summed E-state index contributed by atoms with van der Waals surface area (Å²) in [6.45, 7) is 11.3. The number of fused-ring (bicyclic) bond motifs is 1. The van der Waals surface area contributed by atoms with Crippen molar-refractivity contribution in [2.45, 2.75) is 65.3 Å². The zero-order valence-electron chi connectivity index (χ0n) is 22.7. The van der Waals surface area contributed by atoms with E-state index in [1.54, 1.807) is 16.4 Å². The first-order valence-corrected chi connectivity index (χ1v) is 14.1. The average Bonchev–Trinajstić information content (AvgIpc) is 3.30. The van der Waals surface area contributed by atoms with Crippen molar-refractivity contribution in [1.29, 1.82) is 0 Å². The molecule has 1 aliphatic rings. The van der Waals surface area contributed by atoms with Crippen molar-refractivity contribution < 1.29 is 19.0 Å². The number of benzene rings is 2. The van der Waals surface area contributed by atoms with Crippen LogP contribution in [0.3, 0.4) is 0 Å². The number of ether oxygens (including phenoxy) is 3. The molecule has 0 radical (unpaired) electrons. The minimum absolute atomic E-state index is 0.364. The summed E-state index contributed by atoms with van der Waals surface area (Å²) >= 11 is 1.55. The van der Waals surface area contributed by atoms with E-state index in [2.05, 4.69) is 43.2 Å². The van der Waals surface area contributed by atoms with Crippen LogP contribution >= 0.6 is 11.8 Å². The number of aromatic nitrogens is 3. The first-order valence-electron chi connectivity index (χ1n) is 13.1. The predicted octanol–water partition coefficient (Wildman–Crippen LogP) is 6.31. The van der Waals surface area contributed by atoms with Crippen molar-refractivity contribution in [3.05, 3.63) is 70.4 Å². The minimum Gasteiger partial charge on any atom is -0.490 e. The Balaban J connectivity index is 1.72. The first kappa shape index (κ1) is 27.6. The molecule has 1 N–H and O–H groups in total. The van der Waals surface area contributed by atoms with Gasteiger partial charge in [0, 0.05) is 5.70 Å². The highest BCUT2D eigenvalue weighted by Crippen LogP contribution is 2.40. The highest BCUT2D eigenvalue weighted by atomic mass is 32.2. The molecule has 38 heavy (non-hydrogen) atoms. The Labute approximate surface area is 228 Å². The fourth-order valence-electron chi connectivity index (χ4n) is 4.29. The van der Waals surface area contributed by atoms with Crippen LogP contribution < -0.4 is 14.8 Å². The molecule has 0 aliphatic carbocycles. The van der Waals surface area contributed by atoms with E-state index in [0.717, 1.165) is 29.7 Å². The van der Waals surface area contributed by atoms with Crippen LogP contribution in [0.25, 0.3) is 0 Å². The van der Waals surface area contributed by atoms with E-state index in [4.69, 9.17) is 19.3 Å². The van der Waals surface area contributed by atoms with Gasteiger partial charge in [-0.1, -0.05) is 62.4 Å². The van der Waals surface area contributed by atoms with Gasteiger partial charge < -0.3 is 19.5 Å². The van der Waals surface area contributed by atoms with Gasteiger partial charge >= 0.3 is 5.97 Å². The Morgan fingerprint density at radius 1 is 1.08 bits per heavy atom. The molecule has 8 nitrogen and oxygen atoms in total. The zero-order chi connectivity index (χ0) is 27.1. The molecule has 0 saturated heterocycles. The number of carbonyl (C=O) groups is 1. The number of esters is 1. The number of carbonyl (C=O) groups excluding carboxylic acids is 1. The molecule has 0 fully saturated rings. The second-order valence-corrected chi connectivity index (χ2v) is 10.2. The third-order valence-corrected chi connectivity index (χ3v) is 7.01. The lowest BCUT2D eigenvalue weighted by Gasteiger charge is -2.28. The Hall–Kier alpha value is -3.46. The molecule has 0 saturated carbocycles. The van der Waals surface area contributed by atoms with Gasteiger partial charge in [0.1, 0.15) is 12.6 Å². The van der Waals surface area contributed by atoms with Crippen molar-refractivity contribution in [3.63, 3.8) is 0 Å². The molecule has 0 amide bonds. The molecule has 1 aromatic heterocycles. The summed E-state index contributed by atoms with van der Waals surface area (Å²) in [6, 6.07) is 13.4. The van der Waals surface area contributed by atoms with Gasteiger partial charge in [-0.2, -0.15) is 4.98 Å². The molecule has 0 bridgehead atoms. The summed E-state index contributed by atoms with van der Waals surface area (Å²) in [5, 5.41) is 8.64. The molecule has 1 unspecified atom stereocenters. The van der Waals surface area contributed by atoms with E-state index < -0.39 is 6.04 Å². The van der Waals surface area contributed by atoms with Crippen molar-refractivity contribution >= 4 is 23.7 Å². The first-order chi connectivity index (χ1) is 18.5. The van der Waals surface area contributed by atoms with Gasteiger partial charge in [-0.15, -0.1) is 5.10 Å². The number of unbranched alkanes of at least 4 members (excludes halogenated alkanes) is 1. The fraction of sp³-hybridized carbons (Fsp3) is 0.414. The van der Waals surface area contributed by atoms with Crippen LogP contribution in [-0.4, -0.2) is 39.7 Å². The highest BCUT2D eigenvalue weighted by molar-refractivity contribution is 7.99. The molecular weight excluding hydrogens is 500 g/mol. The SMILES string of the molecule is CCCCOC(=O)C1=C(C)Nc2nc(SCC)nn2C1c1ccc(OCc2ccccc2C)c(OCC)c1. The van der Waals surface area contributed by atoms with Crippen LogP contribution in [-0.2, 0) is 16.1 Å². The Kier molecular flexibility index (Phi) is 9.33. The molecule has 202 valence electrons. The summed E-state index contributed by atoms with van der Waals surface area (Å²) in [4.78, 5) is 18.0. The number of thioether (sulfide) groups is 1. The zero-order valence-corrected chi connectivity index (χ0v) is 23.6. The number of nitrogens with zero attached hydrogens (tertiary/aromatic N) is 3. The molecule has 9 heteroatoms. The van der Waals surface area contributed by atoms with Crippen LogP contribution in [0.5, 0.6) is 11.5 Å². The highest BCUT2D eigenvalue weighted by Gasteiger charge is 2.35. The van der Waals surface area contributed by atoms with E-state index in [0.29, 0.717) is 53.7 Å². The van der Waals surface area contributed by atoms with Crippen molar-refractivity contribution in [1.82, 2.24) is 14.8 Å². The molecule has 2 heterocycles. The molecule has 2 aromatic carbocycles. The lowest BCUT2D eigenvalue weighted by Crippen LogP contribution is -2.30. The number of rotatable bonds is 12. The molecule has 3 aromatic rings. The predicted molar refractivity (Wildman–Crippen MR) is 150 cm³/mol. The van der Waals surface area contributed by atoms with Gasteiger partial charge in [-0.25, -0.2) is 9.48 Å². The van der Waals surface area contributed by atoms with Gasteiger partial charge in [-0.05, 0) is 61.8 Å². The second kappa shape index (κ2) is 12.9. The second-order valence-electron chi connectivity index (χ2n) is 9.01. The van der Waals surface area contributed by atoms with E-state index in [1.807, 2.05) is 44.2 Å². The normalized spacial score (nSPS) is 14.6. The number of aryl methyl sites for hydroxylation is 1. The van der Waals surface area contributed by atoms with Crippen LogP contribution in [0.4, 0.5) is 5.95 Å². The average molecular weight is 537 g/mol. The largest absolute Gasteiger partial charge is 0.490 e. The lowest BCUT2D eigenvalue weighted by atomic mass is 9.95. The smallest absolute Gasteiger partial charge is 0.338 e. The number of anilines is 1. The summed E-state index contributed by atoms with van der Waals surface area (Å²) in [5.74, 6) is 2.32. The van der Waals surface area contributed by atoms with E-state index >= 15 is 0 Å². The van der Waals surface area contributed by atoms with Crippen molar-refractivity contribution in [2.75, 3.05) is 24.3 Å². The van der Waals surface area contributed by atoms with E-state index in [1.165, 1.54) is 5.56 Å². The number of nitrogens with one attached hydrogen (secondary N) is 1. The maximum atomic E-state index is 13.3. The Morgan fingerprint density at radius 2 is 1.89 bits per heavy atom. The summed E-state index contributed by atoms with van der Waals surface area (Å²) < 4.78 is 19.6. The van der Waals surface area contributed by atoms with Gasteiger partial charge in [0.25, 0.3) is 0 Å². The summed E-state index contributed by atoms with van der Waals surface area (Å²) in [7, 11) is 0. The quantitative estimate of drug-likeness (QED) is 0.164. The van der Waals surface area contributed by atoms with Gasteiger partial charge in [0.05, 0.1) is 18.8 Å². The van der Waals surface area contributed by atoms with E-state index in [-0.39, 0.29) is 5.97 Å². The Bertz CT molecular complexity index is 1300. The molecular formula is C29H36N4O4S. The third-order valence-electron chi connectivity index (χ3n) is 6.29. The van der Waals surface area contributed by atoms with Gasteiger partial charge in [0.2, 0.25) is 11.1 Å². The minimum atomic E-state index is -0.524. The number of allylic oxidation sites excluding steroid dienone is 1. The lowest BCUT2D eigenvalue weighted by molar-refractivity contribution is -0.139. The van der Waals surface area contributed by atoms with E-state index in [9.17, 15) is 4.79 Å². The number of hydrogen-bond acceptors (Lipinski definition) is 8. The maximum Gasteiger partial charge on any atom is 0.338 e. The van der Waals surface area contributed by atoms with Crippen molar-refractivity contribution in [2.24, 2.45) is 0 Å².